The van der Waals surface area contributed by atoms with Gasteiger partial charge in [-0.15, -0.1) is 11.3 Å². The maximum absolute atomic E-state index is 10.6. The lowest BCUT2D eigenvalue weighted by atomic mass is 10.3. The first-order chi connectivity index (χ1) is 7.56. The van der Waals surface area contributed by atoms with E-state index < -0.39 is 18.0 Å². The van der Waals surface area contributed by atoms with Gasteiger partial charge in [0, 0.05) is 12.5 Å². The van der Waals surface area contributed by atoms with Crippen molar-refractivity contribution >= 4 is 23.3 Å². The molecule has 6 nitrogen and oxygen atoms in total. The quantitative estimate of drug-likeness (QED) is 0.839. The summed E-state index contributed by atoms with van der Waals surface area (Å²) in [6.07, 6.45) is -1.21. The van der Waals surface area contributed by atoms with E-state index in [1.54, 1.807) is 0 Å². The number of thiazole rings is 1. The maximum atomic E-state index is 10.6. The second-order valence-corrected chi connectivity index (χ2v) is 3.19. The molecule has 2 N–H and O–H groups in total. The number of carboxylic acids is 2. The van der Waals surface area contributed by atoms with Crippen molar-refractivity contribution in [1.82, 2.24) is 4.98 Å². The average Bonchev–Trinajstić information content (AvgIpc) is 2.70. The number of carbonyl (C=O) groups is 2. The lowest BCUT2D eigenvalue weighted by Crippen LogP contribution is -2.14. The van der Waals surface area contributed by atoms with E-state index in [1.807, 2.05) is 13.8 Å². The van der Waals surface area contributed by atoms with Gasteiger partial charge in [-0.25, -0.2) is 14.6 Å². The highest BCUT2D eigenvalue weighted by Crippen LogP contribution is 2.19. The minimum absolute atomic E-state index is 0.0994. The highest BCUT2D eigenvalue weighted by Gasteiger charge is 2.23. The number of aromatic carboxylic acids is 1. The van der Waals surface area contributed by atoms with Crippen molar-refractivity contribution in [1.29, 1.82) is 0 Å². The SMILES string of the molecule is CC.COC(C(=O)O)c1csc(C(=O)O)n1. The molecule has 1 heterocycles. The Morgan fingerprint density at radius 1 is 1.44 bits per heavy atom. The number of methoxy groups -OCH3 is 1. The van der Waals surface area contributed by atoms with Crippen molar-refractivity contribution in [3.63, 3.8) is 0 Å². The third kappa shape index (κ3) is 3.59. The summed E-state index contributed by atoms with van der Waals surface area (Å²) in [7, 11) is 1.22. The van der Waals surface area contributed by atoms with Crippen molar-refractivity contribution < 1.29 is 24.5 Å². The van der Waals surface area contributed by atoms with Crippen molar-refractivity contribution in [2.24, 2.45) is 0 Å². The zero-order chi connectivity index (χ0) is 12.7. The molecule has 0 aliphatic rings. The van der Waals surface area contributed by atoms with Crippen molar-refractivity contribution in [2.75, 3.05) is 7.11 Å². The van der Waals surface area contributed by atoms with E-state index in [0.29, 0.717) is 0 Å². The molecule has 90 valence electrons. The topological polar surface area (TPSA) is 96.7 Å². The fourth-order valence-corrected chi connectivity index (χ4v) is 1.52. The second kappa shape index (κ2) is 6.91. The zero-order valence-corrected chi connectivity index (χ0v) is 9.95. The number of nitrogens with zero attached hydrogens (tertiary/aromatic N) is 1. The lowest BCUT2D eigenvalue weighted by molar-refractivity contribution is -0.149. The van der Waals surface area contributed by atoms with Crippen LogP contribution in [0.25, 0.3) is 0 Å². The Morgan fingerprint density at radius 3 is 2.31 bits per heavy atom. The Bertz CT molecular complexity index is 363. The Labute approximate surface area is 96.5 Å². The number of carboxylic acid groups (broad SMARTS) is 2. The Balaban J connectivity index is 0.00000106. The van der Waals surface area contributed by atoms with Gasteiger partial charge in [-0.3, -0.25) is 0 Å². The van der Waals surface area contributed by atoms with Gasteiger partial charge in [-0.05, 0) is 0 Å². The number of hydrogen-bond acceptors (Lipinski definition) is 5. The van der Waals surface area contributed by atoms with Gasteiger partial charge in [-0.2, -0.15) is 0 Å². The summed E-state index contributed by atoms with van der Waals surface area (Å²) in [5.41, 5.74) is 0.0994. The van der Waals surface area contributed by atoms with E-state index in [4.69, 9.17) is 10.2 Å². The van der Waals surface area contributed by atoms with Crippen LogP contribution >= 0.6 is 11.3 Å². The summed E-state index contributed by atoms with van der Waals surface area (Å²) >= 11 is 0.865. The van der Waals surface area contributed by atoms with Gasteiger partial charge in [0.1, 0.15) is 0 Å². The molecule has 0 aliphatic carbocycles. The molecule has 16 heavy (non-hydrogen) atoms. The molecule has 0 radical (unpaired) electrons. The number of hydrogen-bond donors (Lipinski definition) is 2. The maximum Gasteiger partial charge on any atom is 0.365 e. The Morgan fingerprint density at radius 2 is 2.00 bits per heavy atom. The number of aliphatic carboxylic acids is 1. The molecule has 0 saturated heterocycles. The smallest absolute Gasteiger partial charge is 0.365 e. The van der Waals surface area contributed by atoms with Gasteiger partial charge in [0.2, 0.25) is 5.01 Å². The molecule has 1 rings (SSSR count). The van der Waals surface area contributed by atoms with E-state index in [2.05, 4.69) is 9.72 Å². The van der Waals surface area contributed by atoms with Crippen LogP contribution < -0.4 is 0 Å². The Hall–Kier alpha value is -1.47. The van der Waals surface area contributed by atoms with E-state index in [0.717, 1.165) is 11.3 Å². The van der Waals surface area contributed by atoms with Gasteiger partial charge in [0.05, 0.1) is 5.69 Å². The molecular formula is C9H13NO5S. The molecule has 1 atom stereocenters. The summed E-state index contributed by atoms with van der Waals surface area (Å²) in [5.74, 6) is -2.38. The van der Waals surface area contributed by atoms with E-state index >= 15 is 0 Å². The largest absolute Gasteiger partial charge is 0.479 e. The van der Waals surface area contributed by atoms with E-state index in [9.17, 15) is 9.59 Å². The number of rotatable bonds is 4. The van der Waals surface area contributed by atoms with Crippen LogP contribution in [0.3, 0.4) is 0 Å². The number of aromatic nitrogens is 1. The first-order valence-electron chi connectivity index (χ1n) is 4.50. The summed E-state index contributed by atoms with van der Waals surface area (Å²) in [6.45, 7) is 4.00. The van der Waals surface area contributed by atoms with Gasteiger partial charge in [0.15, 0.2) is 6.10 Å². The van der Waals surface area contributed by atoms with Crippen LogP contribution in [0.4, 0.5) is 0 Å². The molecular weight excluding hydrogens is 234 g/mol. The molecule has 0 bridgehead atoms. The van der Waals surface area contributed by atoms with Crippen LogP contribution in [0, 0.1) is 0 Å². The first-order valence-corrected chi connectivity index (χ1v) is 5.38. The molecule has 0 aliphatic heterocycles. The molecule has 0 saturated carbocycles. The highest BCUT2D eigenvalue weighted by molar-refractivity contribution is 7.11. The minimum atomic E-state index is -1.21. The zero-order valence-electron chi connectivity index (χ0n) is 9.13. The molecule has 7 heteroatoms. The standard InChI is InChI=1S/C7H7NO5S.C2H6/c1-13-4(6(9)10)3-2-14-5(8-3)7(11)12;1-2/h2,4H,1H3,(H,9,10)(H,11,12);1-2H3. The van der Waals surface area contributed by atoms with E-state index in [-0.39, 0.29) is 10.7 Å². The van der Waals surface area contributed by atoms with Crippen molar-refractivity contribution in [2.45, 2.75) is 20.0 Å². The van der Waals surface area contributed by atoms with Crippen LogP contribution in [0.1, 0.15) is 35.4 Å². The minimum Gasteiger partial charge on any atom is -0.479 e. The lowest BCUT2D eigenvalue weighted by Gasteiger charge is -2.05. The summed E-state index contributed by atoms with van der Waals surface area (Å²) < 4.78 is 4.64. The molecule has 0 fully saturated rings. The average molecular weight is 247 g/mol. The predicted octanol–water partition coefficient (Wildman–Crippen LogP) is 1.64. The normalized spacial score (nSPS) is 11.2. The Kier molecular flexibility index (Phi) is 6.28. The van der Waals surface area contributed by atoms with Crippen LogP contribution in [-0.2, 0) is 9.53 Å². The summed E-state index contributed by atoms with van der Waals surface area (Å²) in [4.78, 5) is 24.7. The third-order valence-corrected chi connectivity index (χ3v) is 2.28. The second-order valence-electron chi connectivity index (χ2n) is 2.34. The third-order valence-electron chi connectivity index (χ3n) is 1.43. The molecule has 0 amide bonds. The number of ether oxygens (including phenoxy) is 1. The molecule has 1 aromatic heterocycles. The highest BCUT2D eigenvalue weighted by atomic mass is 32.1. The molecule has 0 spiro atoms. The summed E-state index contributed by atoms with van der Waals surface area (Å²) in [5, 5.41) is 18.4. The van der Waals surface area contributed by atoms with Crippen molar-refractivity contribution in [3.05, 3.63) is 16.1 Å². The molecule has 1 unspecified atom stereocenters. The van der Waals surface area contributed by atoms with Crippen LogP contribution in [0.5, 0.6) is 0 Å². The molecule has 0 aromatic carbocycles. The van der Waals surface area contributed by atoms with E-state index in [1.165, 1.54) is 12.5 Å². The van der Waals surface area contributed by atoms with Gasteiger partial charge in [0.25, 0.3) is 0 Å². The van der Waals surface area contributed by atoms with Gasteiger partial charge < -0.3 is 14.9 Å². The van der Waals surface area contributed by atoms with Crippen LogP contribution in [0.15, 0.2) is 5.38 Å². The monoisotopic (exact) mass is 247 g/mol. The molecule has 1 aromatic rings. The fourth-order valence-electron chi connectivity index (χ4n) is 0.853. The first kappa shape index (κ1) is 14.5. The van der Waals surface area contributed by atoms with Crippen LogP contribution in [0.2, 0.25) is 0 Å². The van der Waals surface area contributed by atoms with Gasteiger partial charge >= 0.3 is 11.9 Å². The van der Waals surface area contributed by atoms with Crippen LogP contribution in [-0.4, -0.2) is 34.2 Å². The summed E-state index contributed by atoms with van der Waals surface area (Å²) in [6, 6.07) is 0. The fraction of sp³-hybridized carbons (Fsp3) is 0.444. The van der Waals surface area contributed by atoms with Crippen molar-refractivity contribution in [3.8, 4) is 0 Å². The predicted molar refractivity (Wildman–Crippen MR) is 57.8 cm³/mol. The van der Waals surface area contributed by atoms with Gasteiger partial charge in [-0.1, -0.05) is 13.8 Å².